The van der Waals surface area contributed by atoms with E-state index < -0.39 is 5.97 Å². The molecule has 5 heteroatoms. The Labute approximate surface area is 81.0 Å². The number of aromatic nitrogens is 1. The maximum Gasteiger partial charge on any atom is 0.341 e. The van der Waals surface area contributed by atoms with Crippen LogP contribution in [0, 0.1) is 0 Å². The Morgan fingerprint density at radius 3 is 3.00 bits per heavy atom. The lowest BCUT2D eigenvalue weighted by Crippen LogP contribution is -2.06. The Balaban J connectivity index is 2.69. The highest BCUT2D eigenvalue weighted by atomic mass is 16.5. The molecule has 0 saturated carbocycles. The Morgan fingerprint density at radius 2 is 2.36 bits per heavy atom. The predicted octanol–water partition coefficient (Wildman–Crippen LogP) is 0.541. The molecule has 0 atom stereocenters. The fourth-order valence-corrected chi connectivity index (χ4v) is 0.902. The summed E-state index contributed by atoms with van der Waals surface area (Å²) in [7, 11) is 0. The third-order valence-electron chi connectivity index (χ3n) is 1.54. The Hall–Kier alpha value is -1.62. The van der Waals surface area contributed by atoms with Gasteiger partial charge in [0.2, 0.25) is 5.88 Å². The number of aromatic carboxylic acids is 1. The molecule has 1 aromatic rings. The number of carbonyl (C=O) groups is 1. The smallest absolute Gasteiger partial charge is 0.341 e. The minimum absolute atomic E-state index is 0.00917. The van der Waals surface area contributed by atoms with Crippen molar-refractivity contribution in [2.75, 3.05) is 13.2 Å². The minimum Gasteiger partial charge on any atom is -0.477 e. The second-order valence-electron chi connectivity index (χ2n) is 2.59. The fraction of sp³-hybridized carbons (Fsp3) is 0.333. The Bertz CT molecular complexity index is 313. The number of pyridine rings is 1. The number of aliphatic hydroxyl groups is 1. The van der Waals surface area contributed by atoms with Crippen LogP contribution >= 0.6 is 0 Å². The average molecular weight is 197 g/mol. The van der Waals surface area contributed by atoms with Crippen LogP contribution in [0.25, 0.3) is 0 Å². The summed E-state index contributed by atoms with van der Waals surface area (Å²) < 4.78 is 5.09. The summed E-state index contributed by atoms with van der Waals surface area (Å²) in [5, 5.41) is 17.3. The summed E-state index contributed by atoms with van der Waals surface area (Å²) in [6, 6.07) is 2.95. The maximum atomic E-state index is 10.7. The molecule has 0 aliphatic rings. The van der Waals surface area contributed by atoms with Crippen molar-refractivity contribution >= 4 is 5.97 Å². The molecule has 0 unspecified atom stereocenters. The van der Waals surface area contributed by atoms with Crippen molar-refractivity contribution in [3.05, 3.63) is 23.9 Å². The number of carboxylic acid groups (broad SMARTS) is 1. The molecule has 1 aromatic heterocycles. The van der Waals surface area contributed by atoms with E-state index in [1.54, 1.807) is 0 Å². The van der Waals surface area contributed by atoms with Crippen LogP contribution in [0.4, 0.5) is 0 Å². The lowest BCUT2D eigenvalue weighted by Gasteiger charge is -2.05. The normalized spacial score (nSPS) is 9.79. The molecular weight excluding hydrogens is 186 g/mol. The first kappa shape index (κ1) is 10.5. The zero-order valence-electron chi connectivity index (χ0n) is 7.51. The van der Waals surface area contributed by atoms with Gasteiger partial charge in [0.15, 0.2) is 0 Å². The maximum absolute atomic E-state index is 10.7. The largest absolute Gasteiger partial charge is 0.477 e. The molecule has 0 aliphatic heterocycles. The summed E-state index contributed by atoms with van der Waals surface area (Å²) in [5.41, 5.74) is 0.0328. The van der Waals surface area contributed by atoms with E-state index in [4.69, 9.17) is 14.9 Å². The van der Waals surface area contributed by atoms with E-state index in [9.17, 15) is 4.79 Å². The van der Waals surface area contributed by atoms with Gasteiger partial charge in [0.05, 0.1) is 6.61 Å². The third kappa shape index (κ3) is 2.70. The monoisotopic (exact) mass is 197 g/mol. The van der Waals surface area contributed by atoms with E-state index in [0.717, 1.165) is 0 Å². The van der Waals surface area contributed by atoms with Crippen LogP contribution in [0.2, 0.25) is 0 Å². The van der Waals surface area contributed by atoms with Gasteiger partial charge in [-0.25, -0.2) is 9.78 Å². The summed E-state index contributed by atoms with van der Waals surface area (Å²) in [4.78, 5) is 14.5. The van der Waals surface area contributed by atoms with Crippen molar-refractivity contribution in [1.29, 1.82) is 0 Å². The molecule has 0 spiro atoms. The van der Waals surface area contributed by atoms with Crippen LogP contribution in [-0.2, 0) is 0 Å². The van der Waals surface area contributed by atoms with Gasteiger partial charge in [-0.3, -0.25) is 0 Å². The average Bonchev–Trinajstić information content (AvgIpc) is 2.19. The van der Waals surface area contributed by atoms with E-state index in [1.165, 1.54) is 18.3 Å². The molecular formula is C9H11NO4. The topological polar surface area (TPSA) is 79.7 Å². The second-order valence-corrected chi connectivity index (χ2v) is 2.59. The minimum atomic E-state index is -1.07. The molecule has 5 nitrogen and oxygen atoms in total. The van der Waals surface area contributed by atoms with Gasteiger partial charge in [-0.2, -0.15) is 0 Å². The number of nitrogens with zero attached hydrogens (tertiary/aromatic N) is 1. The van der Waals surface area contributed by atoms with E-state index in [-0.39, 0.29) is 24.7 Å². The van der Waals surface area contributed by atoms with E-state index in [1.807, 2.05) is 0 Å². The van der Waals surface area contributed by atoms with E-state index >= 15 is 0 Å². The summed E-state index contributed by atoms with van der Waals surface area (Å²) in [6.07, 6.45) is 1.91. The van der Waals surface area contributed by atoms with E-state index in [2.05, 4.69) is 4.98 Å². The quantitative estimate of drug-likeness (QED) is 0.673. The number of hydrogen-bond acceptors (Lipinski definition) is 4. The molecule has 0 aromatic carbocycles. The Kier molecular flexibility index (Phi) is 3.87. The van der Waals surface area contributed by atoms with E-state index in [0.29, 0.717) is 6.42 Å². The van der Waals surface area contributed by atoms with Gasteiger partial charge in [-0.1, -0.05) is 0 Å². The summed E-state index contributed by atoms with van der Waals surface area (Å²) in [5.74, 6) is -0.981. The molecule has 0 amide bonds. The van der Waals surface area contributed by atoms with Crippen molar-refractivity contribution in [3.63, 3.8) is 0 Å². The highest BCUT2D eigenvalue weighted by Crippen LogP contribution is 2.13. The van der Waals surface area contributed by atoms with Gasteiger partial charge < -0.3 is 14.9 Å². The van der Waals surface area contributed by atoms with Crippen LogP contribution in [-0.4, -0.2) is 34.4 Å². The first-order valence-corrected chi connectivity index (χ1v) is 4.17. The van der Waals surface area contributed by atoms with Gasteiger partial charge >= 0.3 is 5.97 Å². The third-order valence-corrected chi connectivity index (χ3v) is 1.54. The molecule has 0 aliphatic carbocycles. The van der Waals surface area contributed by atoms with Crippen molar-refractivity contribution < 1.29 is 19.7 Å². The number of rotatable bonds is 5. The first-order valence-electron chi connectivity index (χ1n) is 4.17. The van der Waals surface area contributed by atoms with Crippen LogP contribution in [0.3, 0.4) is 0 Å². The first-order chi connectivity index (χ1) is 6.75. The summed E-state index contributed by atoms with van der Waals surface area (Å²) in [6.45, 7) is 0.267. The highest BCUT2D eigenvalue weighted by molar-refractivity contribution is 5.90. The van der Waals surface area contributed by atoms with Crippen molar-refractivity contribution in [2.45, 2.75) is 6.42 Å². The molecule has 76 valence electrons. The van der Waals surface area contributed by atoms with Gasteiger partial charge in [-0.15, -0.1) is 0 Å². The Morgan fingerprint density at radius 1 is 1.57 bits per heavy atom. The molecule has 1 heterocycles. The van der Waals surface area contributed by atoms with Crippen molar-refractivity contribution in [2.24, 2.45) is 0 Å². The number of ether oxygens (including phenoxy) is 1. The number of aliphatic hydroxyl groups excluding tert-OH is 1. The zero-order chi connectivity index (χ0) is 10.4. The van der Waals surface area contributed by atoms with Crippen molar-refractivity contribution in [1.82, 2.24) is 4.98 Å². The second kappa shape index (κ2) is 5.18. The predicted molar refractivity (Wildman–Crippen MR) is 48.4 cm³/mol. The number of carboxylic acids is 1. The van der Waals surface area contributed by atoms with Crippen LogP contribution in [0.15, 0.2) is 18.3 Å². The molecule has 1 rings (SSSR count). The molecule has 14 heavy (non-hydrogen) atoms. The lowest BCUT2D eigenvalue weighted by atomic mass is 10.3. The zero-order valence-corrected chi connectivity index (χ0v) is 7.51. The van der Waals surface area contributed by atoms with Crippen molar-refractivity contribution in [3.8, 4) is 5.88 Å². The molecule has 0 saturated heterocycles. The van der Waals surface area contributed by atoms with Gasteiger partial charge in [0, 0.05) is 19.2 Å². The molecule has 0 radical (unpaired) electrons. The number of hydrogen-bond donors (Lipinski definition) is 2. The fourth-order valence-electron chi connectivity index (χ4n) is 0.902. The lowest BCUT2D eigenvalue weighted by molar-refractivity contribution is 0.0691. The van der Waals surface area contributed by atoms with Gasteiger partial charge in [0.25, 0.3) is 0 Å². The highest BCUT2D eigenvalue weighted by Gasteiger charge is 2.10. The van der Waals surface area contributed by atoms with Crippen LogP contribution < -0.4 is 4.74 Å². The molecule has 0 fully saturated rings. The SMILES string of the molecule is O=C(O)c1cccnc1OCCCO. The molecule has 2 N–H and O–H groups in total. The van der Waals surface area contributed by atoms with Gasteiger partial charge in [-0.05, 0) is 12.1 Å². The molecule has 0 bridgehead atoms. The summed E-state index contributed by atoms with van der Waals surface area (Å²) >= 11 is 0. The van der Waals surface area contributed by atoms with Crippen LogP contribution in [0.1, 0.15) is 16.8 Å². The van der Waals surface area contributed by atoms with Gasteiger partial charge in [0.1, 0.15) is 5.56 Å². The standard InChI is InChI=1S/C9H11NO4/c11-5-2-6-14-8-7(9(12)13)3-1-4-10-8/h1,3-4,11H,2,5-6H2,(H,12,13). The van der Waals surface area contributed by atoms with Crippen LogP contribution in [0.5, 0.6) is 5.88 Å².